The van der Waals surface area contributed by atoms with Crippen molar-refractivity contribution in [3.63, 3.8) is 0 Å². The maximum absolute atomic E-state index is 13.2. The van der Waals surface area contributed by atoms with E-state index in [0.717, 1.165) is 29.7 Å². The van der Waals surface area contributed by atoms with Gasteiger partial charge in [-0.2, -0.15) is 0 Å². The molecule has 142 valence electrons. The number of hydrogen-bond donors (Lipinski definition) is 0. The molecule has 1 fully saturated rings. The van der Waals surface area contributed by atoms with E-state index in [9.17, 15) is 4.79 Å². The normalized spacial score (nSPS) is 16.1. The van der Waals surface area contributed by atoms with Crippen LogP contribution in [0, 0.1) is 6.92 Å². The monoisotopic (exact) mass is 371 g/mol. The molecule has 4 rings (SSSR count). The molecule has 3 aromatic carbocycles. The van der Waals surface area contributed by atoms with Crippen molar-refractivity contribution in [2.75, 3.05) is 11.5 Å². The fourth-order valence-electron chi connectivity index (χ4n) is 3.66. The van der Waals surface area contributed by atoms with Crippen LogP contribution in [0.2, 0.25) is 0 Å². The second-order valence-corrected chi connectivity index (χ2v) is 7.27. The minimum Gasteiger partial charge on any atom is -0.368 e. The van der Waals surface area contributed by atoms with Crippen LogP contribution in [0.15, 0.2) is 78.9 Å². The summed E-state index contributed by atoms with van der Waals surface area (Å²) in [5.41, 5.74) is 5.56. The highest BCUT2D eigenvalue weighted by atomic mass is 16.5. The molecule has 3 heteroatoms. The third kappa shape index (κ3) is 4.00. The smallest absolute Gasteiger partial charge is 0.256 e. The Morgan fingerprint density at radius 1 is 0.929 bits per heavy atom. The van der Waals surface area contributed by atoms with Crippen LogP contribution in [0.3, 0.4) is 0 Å². The van der Waals surface area contributed by atoms with E-state index in [1.54, 1.807) is 0 Å². The van der Waals surface area contributed by atoms with Gasteiger partial charge in [-0.05, 0) is 54.2 Å². The topological polar surface area (TPSA) is 29.5 Å². The number of aryl methyl sites for hydroxylation is 1. The van der Waals surface area contributed by atoms with Crippen molar-refractivity contribution in [2.45, 2.75) is 32.4 Å². The van der Waals surface area contributed by atoms with Gasteiger partial charge in [-0.1, -0.05) is 66.7 Å². The molecule has 0 aliphatic carbocycles. The quantitative estimate of drug-likeness (QED) is 0.603. The molecule has 0 N–H and O–H groups in total. The van der Waals surface area contributed by atoms with Gasteiger partial charge in [-0.3, -0.25) is 4.79 Å². The third-order valence-corrected chi connectivity index (χ3v) is 5.35. The Bertz CT molecular complexity index is 928. The molecule has 0 bridgehead atoms. The van der Waals surface area contributed by atoms with Gasteiger partial charge in [-0.25, -0.2) is 0 Å². The highest BCUT2D eigenvalue weighted by Gasteiger charge is 2.29. The first-order valence-electron chi connectivity index (χ1n) is 9.85. The Kier molecular flexibility index (Phi) is 5.54. The van der Waals surface area contributed by atoms with Crippen molar-refractivity contribution in [2.24, 2.45) is 0 Å². The van der Waals surface area contributed by atoms with Crippen molar-refractivity contribution in [1.29, 1.82) is 0 Å². The van der Waals surface area contributed by atoms with E-state index in [1.807, 2.05) is 47.4 Å². The largest absolute Gasteiger partial charge is 0.368 e. The van der Waals surface area contributed by atoms with Gasteiger partial charge in [0.05, 0.1) is 6.54 Å². The highest BCUT2D eigenvalue weighted by molar-refractivity contribution is 5.97. The Morgan fingerprint density at radius 3 is 2.29 bits per heavy atom. The van der Waals surface area contributed by atoms with Crippen LogP contribution in [0.25, 0.3) is 11.1 Å². The predicted molar refractivity (Wildman–Crippen MR) is 113 cm³/mol. The van der Waals surface area contributed by atoms with Crippen molar-refractivity contribution in [3.05, 3.63) is 90.0 Å². The van der Waals surface area contributed by atoms with Crippen LogP contribution in [0.4, 0.5) is 5.69 Å². The number of hydrogen-bond acceptors (Lipinski definition) is 2. The van der Waals surface area contributed by atoms with Gasteiger partial charge in [0.15, 0.2) is 0 Å². The van der Waals surface area contributed by atoms with Gasteiger partial charge in [0, 0.05) is 12.3 Å². The molecule has 3 nitrogen and oxygen atoms in total. The average molecular weight is 371 g/mol. The number of amides is 1. The molecule has 0 saturated carbocycles. The first-order valence-corrected chi connectivity index (χ1v) is 9.85. The van der Waals surface area contributed by atoms with Crippen LogP contribution in [0.5, 0.6) is 0 Å². The second kappa shape index (κ2) is 8.41. The standard InChI is InChI=1S/C25H25NO2/c1-19-8-5-6-11-22(19)18-26(25(27)24-12-7-17-28-24)23-15-13-21(14-16-23)20-9-3-2-4-10-20/h2-6,8-11,13-16,24H,7,12,17-18H2,1H3/t24-/m1/s1. The molecular weight excluding hydrogens is 346 g/mol. The van der Waals surface area contributed by atoms with Crippen LogP contribution in [-0.2, 0) is 16.1 Å². The summed E-state index contributed by atoms with van der Waals surface area (Å²) in [6.07, 6.45) is 1.41. The summed E-state index contributed by atoms with van der Waals surface area (Å²) in [5.74, 6) is 0.0493. The second-order valence-electron chi connectivity index (χ2n) is 7.27. The minimum atomic E-state index is -0.335. The van der Waals surface area contributed by atoms with Gasteiger partial charge < -0.3 is 9.64 Å². The number of carbonyl (C=O) groups excluding carboxylic acids is 1. The average Bonchev–Trinajstić information content (AvgIpc) is 3.29. The van der Waals surface area contributed by atoms with E-state index in [4.69, 9.17) is 4.74 Å². The molecule has 1 heterocycles. The van der Waals surface area contributed by atoms with Crippen molar-refractivity contribution in [3.8, 4) is 11.1 Å². The molecule has 0 spiro atoms. The number of nitrogens with zero attached hydrogens (tertiary/aromatic N) is 1. The van der Waals surface area contributed by atoms with Crippen LogP contribution >= 0.6 is 0 Å². The zero-order valence-corrected chi connectivity index (χ0v) is 16.2. The molecule has 28 heavy (non-hydrogen) atoms. The van der Waals surface area contributed by atoms with Gasteiger partial charge in [0.25, 0.3) is 5.91 Å². The lowest BCUT2D eigenvalue weighted by Crippen LogP contribution is -2.38. The minimum absolute atomic E-state index is 0.0493. The Labute approximate surface area is 166 Å². The summed E-state index contributed by atoms with van der Waals surface area (Å²) < 4.78 is 5.69. The fraction of sp³-hybridized carbons (Fsp3) is 0.240. The summed E-state index contributed by atoms with van der Waals surface area (Å²) in [7, 11) is 0. The van der Waals surface area contributed by atoms with Crippen LogP contribution in [0.1, 0.15) is 24.0 Å². The van der Waals surface area contributed by atoms with Gasteiger partial charge in [0.2, 0.25) is 0 Å². The molecule has 1 atom stereocenters. The lowest BCUT2D eigenvalue weighted by molar-refractivity contribution is -0.127. The summed E-state index contributed by atoms with van der Waals surface area (Å²) >= 11 is 0. The molecule has 0 aromatic heterocycles. The van der Waals surface area contributed by atoms with Gasteiger partial charge >= 0.3 is 0 Å². The van der Waals surface area contributed by atoms with Crippen LogP contribution in [-0.4, -0.2) is 18.6 Å². The lowest BCUT2D eigenvalue weighted by Gasteiger charge is -2.26. The van der Waals surface area contributed by atoms with E-state index in [2.05, 4.69) is 43.3 Å². The Hall–Kier alpha value is -2.91. The SMILES string of the molecule is Cc1ccccc1CN(C(=O)[C@H]1CCCO1)c1ccc(-c2ccccc2)cc1. The molecule has 1 aliphatic heterocycles. The van der Waals surface area contributed by atoms with Crippen molar-refractivity contribution < 1.29 is 9.53 Å². The summed E-state index contributed by atoms with van der Waals surface area (Å²) in [5, 5.41) is 0. The maximum atomic E-state index is 13.2. The molecule has 0 unspecified atom stereocenters. The van der Waals surface area contributed by atoms with Crippen molar-refractivity contribution >= 4 is 11.6 Å². The number of ether oxygens (including phenoxy) is 1. The number of benzene rings is 3. The molecule has 3 aromatic rings. The Morgan fingerprint density at radius 2 is 1.61 bits per heavy atom. The number of rotatable bonds is 5. The maximum Gasteiger partial charge on any atom is 0.256 e. The summed E-state index contributed by atoms with van der Waals surface area (Å²) in [6.45, 7) is 3.31. The predicted octanol–water partition coefficient (Wildman–Crippen LogP) is 5.37. The Balaban J connectivity index is 1.64. The van der Waals surface area contributed by atoms with Gasteiger partial charge in [-0.15, -0.1) is 0 Å². The van der Waals surface area contributed by atoms with Gasteiger partial charge in [0.1, 0.15) is 6.10 Å². The first-order chi connectivity index (χ1) is 13.7. The fourth-order valence-corrected chi connectivity index (χ4v) is 3.66. The van der Waals surface area contributed by atoms with Crippen LogP contribution < -0.4 is 4.90 Å². The molecule has 0 radical (unpaired) electrons. The van der Waals surface area contributed by atoms with Crippen molar-refractivity contribution in [1.82, 2.24) is 0 Å². The molecule has 1 aliphatic rings. The van der Waals surface area contributed by atoms with E-state index in [1.165, 1.54) is 11.1 Å². The zero-order valence-electron chi connectivity index (χ0n) is 16.2. The van der Waals surface area contributed by atoms with E-state index >= 15 is 0 Å². The number of carbonyl (C=O) groups is 1. The summed E-state index contributed by atoms with van der Waals surface area (Å²) in [6, 6.07) is 26.7. The zero-order chi connectivity index (χ0) is 19.3. The van der Waals surface area contributed by atoms with E-state index in [-0.39, 0.29) is 12.0 Å². The molecule has 1 amide bonds. The van der Waals surface area contributed by atoms with E-state index < -0.39 is 0 Å². The van der Waals surface area contributed by atoms with E-state index in [0.29, 0.717) is 13.2 Å². The molecular formula is C25H25NO2. The number of anilines is 1. The summed E-state index contributed by atoms with van der Waals surface area (Å²) in [4.78, 5) is 15.1. The lowest BCUT2D eigenvalue weighted by atomic mass is 10.0. The molecule has 1 saturated heterocycles. The highest BCUT2D eigenvalue weighted by Crippen LogP contribution is 2.27. The third-order valence-electron chi connectivity index (χ3n) is 5.35. The first kappa shape index (κ1) is 18.5.